The van der Waals surface area contributed by atoms with E-state index in [0.717, 1.165) is 6.42 Å². The van der Waals surface area contributed by atoms with Gasteiger partial charge in [0.15, 0.2) is 0 Å². The summed E-state index contributed by atoms with van der Waals surface area (Å²) in [5, 5.41) is 0. The average Bonchev–Trinajstić information content (AvgIpc) is 3.22. The highest BCUT2D eigenvalue weighted by atomic mass is 14.5. The molecule has 0 heteroatoms. The molecule has 0 spiro atoms. The molecule has 0 saturated carbocycles. The Labute approximate surface area is 138 Å². The van der Waals surface area contributed by atoms with E-state index in [9.17, 15) is 0 Å². The smallest absolute Gasteiger partial charge is 0.0167 e. The molecular weight excluding hydrogens is 276 g/mol. The molecule has 114 valence electrons. The molecule has 2 aromatic rings. The summed E-state index contributed by atoms with van der Waals surface area (Å²) in [5.41, 5.74) is 5.83. The summed E-state index contributed by atoms with van der Waals surface area (Å²) in [5.74, 6) is 0.856. The Morgan fingerprint density at radius 3 is 1.96 bits per heavy atom. The molecule has 0 fully saturated rings. The summed E-state index contributed by atoms with van der Waals surface area (Å²) in [6, 6.07) is 17.8. The number of hydrogen-bond donors (Lipinski definition) is 0. The lowest BCUT2D eigenvalue weighted by atomic mass is 9.63. The van der Waals surface area contributed by atoms with Gasteiger partial charge in [-0.1, -0.05) is 85.8 Å². The number of rotatable bonds is 4. The molecule has 0 aliphatic heterocycles. The molecule has 0 aromatic heterocycles. The second-order valence-electron chi connectivity index (χ2n) is 6.90. The van der Waals surface area contributed by atoms with Crippen LogP contribution in [-0.2, 0) is 0 Å². The summed E-state index contributed by atoms with van der Waals surface area (Å²) in [7, 11) is 0. The maximum atomic E-state index is 4.05. The van der Waals surface area contributed by atoms with E-state index in [0.29, 0.717) is 11.8 Å². The van der Waals surface area contributed by atoms with E-state index in [-0.39, 0.29) is 5.41 Å². The third-order valence-corrected chi connectivity index (χ3v) is 5.59. The van der Waals surface area contributed by atoms with Crippen molar-refractivity contribution in [2.45, 2.75) is 19.3 Å². The van der Waals surface area contributed by atoms with Gasteiger partial charge in [-0.05, 0) is 34.1 Å². The fourth-order valence-electron chi connectivity index (χ4n) is 4.49. The molecule has 2 aliphatic rings. The lowest BCUT2D eigenvalue weighted by Crippen LogP contribution is -2.31. The Morgan fingerprint density at radius 1 is 0.913 bits per heavy atom. The first-order valence-electron chi connectivity index (χ1n) is 8.40. The van der Waals surface area contributed by atoms with Crippen molar-refractivity contribution in [1.82, 2.24) is 0 Å². The van der Waals surface area contributed by atoms with Crippen molar-refractivity contribution < 1.29 is 0 Å². The molecule has 0 radical (unpaired) electrons. The first-order chi connectivity index (χ1) is 11.3. The molecule has 0 nitrogen and oxygen atoms in total. The zero-order chi connectivity index (χ0) is 15.9. The van der Waals surface area contributed by atoms with Gasteiger partial charge in [-0.2, -0.15) is 0 Å². The van der Waals surface area contributed by atoms with Gasteiger partial charge < -0.3 is 0 Å². The van der Waals surface area contributed by atoms with Crippen LogP contribution >= 0.6 is 0 Å². The number of hydrogen-bond acceptors (Lipinski definition) is 0. The van der Waals surface area contributed by atoms with Gasteiger partial charge in [-0.15, -0.1) is 6.58 Å². The summed E-state index contributed by atoms with van der Waals surface area (Å²) in [6.45, 7) is 6.47. The zero-order valence-electron chi connectivity index (χ0n) is 13.6. The molecule has 0 N–H and O–H groups in total. The summed E-state index contributed by atoms with van der Waals surface area (Å²) in [6.07, 6.45) is 12.1. The Bertz CT molecular complexity index is 751. The molecule has 0 saturated heterocycles. The lowest BCUT2D eigenvalue weighted by Gasteiger charge is -2.40. The van der Waals surface area contributed by atoms with Crippen LogP contribution in [0.5, 0.6) is 0 Å². The molecule has 0 heterocycles. The quantitative estimate of drug-likeness (QED) is 0.596. The Kier molecular flexibility index (Phi) is 3.34. The standard InChI is InChI=1S/C23H22/c1-3-16-23(2,17-10-4-5-11-17)22-20-14-8-6-12-18(20)19-13-7-9-15-21(19)22/h3-15,17,22H,1,16H2,2H3. The third-order valence-electron chi connectivity index (χ3n) is 5.59. The van der Waals surface area contributed by atoms with E-state index in [1.165, 1.54) is 22.3 Å². The highest BCUT2D eigenvalue weighted by Crippen LogP contribution is 2.57. The van der Waals surface area contributed by atoms with Crippen LogP contribution in [0.3, 0.4) is 0 Å². The molecule has 23 heavy (non-hydrogen) atoms. The fourth-order valence-corrected chi connectivity index (χ4v) is 4.49. The van der Waals surface area contributed by atoms with Gasteiger partial charge in [0.25, 0.3) is 0 Å². The van der Waals surface area contributed by atoms with E-state index < -0.39 is 0 Å². The van der Waals surface area contributed by atoms with Crippen molar-refractivity contribution in [1.29, 1.82) is 0 Å². The summed E-state index contributed by atoms with van der Waals surface area (Å²) < 4.78 is 0. The SMILES string of the molecule is C=CCC(C)(C1C=CC=C1)C1c2ccccc2-c2ccccc21. The number of allylic oxidation sites excluding steroid dienone is 5. The van der Waals surface area contributed by atoms with Crippen LogP contribution in [-0.4, -0.2) is 0 Å². The summed E-state index contributed by atoms with van der Waals surface area (Å²) in [4.78, 5) is 0. The van der Waals surface area contributed by atoms with Crippen LogP contribution < -0.4 is 0 Å². The summed E-state index contributed by atoms with van der Waals surface area (Å²) >= 11 is 0. The maximum absolute atomic E-state index is 4.05. The van der Waals surface area contributed by atoms with Gasteiger partial charge >= 0.3 is 0 Å². The Morgan fingerprint density at radius 2 is 1.43 bits per heavy atom. The third kappa shape index (κ3) is 2.05. The van der Waals surface area contributed by atoms with E-state index in [1.807, 2.05) is 0 Å². The van der Waals surface area contributed by atoms with Crippen LogP contribution in [0, 0.1) is 11.3 Å². The van der Waals surface area contributed by atoms with Crippen molar-refractivity contribution in [2.24, 2.45) is 11.3 Å². The van der Waals surface area contributed by atoms with Crippen LogP contribution in [0.1, 0.15) is 30.4 Å². The molecule has 0 amide bonds. The monoisotopic (exact) mass is 298 g/mol. The van der Waals surface area contributed by atoms with Crippen molar-refractivity contribution in [3.8, 4) is 11.1 Å². The predicted octanol–water partition coefficient (Wildman–Crippen LogP) is 6.12. The van der Waals surface area contributed by atoms with Crippen molar-refractivity contribution in [3.05, 3.63) is 96.6 Å². The minimum Gasteiger partial charge on any atom is -0.103 e. The van der Waals surface area contributed by atoms with E-state index >= 15 is 0 Å². The first kappa shape index (κ1) is 14.3. The molecule has 1 unspecified atom stereocenters. The fraction of sp³-hybridized carbons (Fsp3) is 0.217. The number of benzene rings is 2. The Hall–Kier alpha value is -2.34. The van der Waals surface area contributed by atoms with Gasteiger partial charge in [0.2, 0.25) is 0 Å². The van der Waals surface area contributed by atoms with E-state index in [2.05, 4.69) is 92.4 Å². The second-order valence-corrected chi connectivity index (χ2v) is 6.90. The minimum atomic E-state index is 0.105. The van der Waals surface area contributed by atoms with Gasteiger partial charge in [-0.3, -0.25) is 0 Å². The lowest BCUT2D eigenvalue weighted by molar-refractivity contribution is 0.237. The van der Waals surface area contributed by atoms with E-state index in [1.54, 1.807) is 0 Å². The molecule has 2 aromatic carbocycles. The molecule has 1 atom stereocenters. The highest BCUT2D eigenvalue weighted by molar-refractivity contribution is 5.79. The predicted molar refractivity (Wildman–Crippen MR) is 98.4 cm³/mol. The van der Waals surface area contributed by atoms with Crippen molar-refractivity contribution >= 4 is 0 Å². The first-order valence-corrected chi connectivity index (χ1v) is 8.40. The van der Waals surface area contributed by atoms with Gasteiger partial charge in [0.1, 0.15) is 0 Å². The minimum absolute atomic E-state index is 0.105. The van der Waals surface area contributed by atoms with Crippen LogP contribution in [0.4, 0.5) is 0 Å². The molecular formula is C23H22. The van der Waals surface area contributed by atoms with Crippen molar-refractivity contribution in [2.75, 3.05) is 0 Å². The van der Waals surface area contributed by atoms with Gasteiger partial charge in [0.05, 0.1) is 0 Å². The van der Waals surface area contributed by atoms with Gasteiger partial charge in [0, 0.05) is 11.8 Å². The highest BCUT2D eigenvalue weighted by Gasteiger charge is 2.44. The normalized spacial score (nSPS) is 18.7. The Balaban J connectivity index is 1.94. The second kappa shape index (κ2) is 5.38. The van der Waals surface area contributed by atoms with Crippen molar-refractivity contribution in [3.63, 3.8) is 0 Å². The number of fused-ring (bicyclic) bond motifs is 3. The van der Waals surface area contributed by atoms with Crippen LogP contribution in [0.2, 0.25) is 0 Å². The topological polar surface area (TPSA) is 0 Å². The van der Waals surface area contributed by atoms with Gasteiger partial charge in [-0.25, -0.2) is 0 Å². The average molecular weight is 298 g/mol. The maximum Gasteiger partial charge on any atom is 0.0167 e. The van der Waals surface area contributed by atoms with E-state index in [4.69, 9.17) is 0 Å². The largest absolute Gasteiger partial charge is 0.103 e. The zero-order valence-corrected chi connectivity index (χ0v) is 13.6. The molecule has 4 rings (SSSR count). The van der Waals surface area contributed by atoms with Crippen LogP contribution in [0.15, 0.2) is 85.5 Å². The molecule has 0 bridgehead atoms. The molecule has 2 aliphatic carbocycles. The van der Waals surface area contributed by atoms with Crippen LogP contribution in [0.25, 0.3) is 11.1 Å².